The van der Waals surface area contributed by atoms with Gasteiger partial charge in [-0.2, -0.15) is 0 Å². The summed E-state index contributed by atoms with van der Waals surface area (Å²) < 4.78 is 13.3. The zero-order valence-electron chi connectivity index (χ0n) is 7.91. The van der Waals surface area contributed by atoms with Crippen LogP contribution in [0.25, 0.3) is 0 Å². The second-order valence-electron chi connectivity index (χ2n) is 3.71. The highest BCUT2D eigenvalue weighted by atomic mass is 19.1. The van der Waals surface area contributed by atoms with E-state index in [4.69, 9.17) is 0 Å². The van der Waals surface area contributed by atoms with Gasteiger partial charge in [-0.25, -0.2) is 4.39 Å². The fourth-order valence-electron chi connectivity index (χ4n) is 1.86. The van der Waals surface area contributed by atoms with Crippen molar-refractivity contribution in [1.29, 1.82) is 0 Å². The lowest BCUT2D eigenvalue weighted by atomic mass is 10.0. The first-order chi connectivity index (χ1) is 6.77. The maximum atomic E-state index is 13.3. The highest BCUT2D eigenvalue weighted by Crippen LogP contribution is 2.15. The van der Waals surface area contributed by atoms with E-state index >= 15 is 0 Å². The number of hydrogen-bond acceptors (Lipinski definition) is 2. The Bertz CT molecular complexity index is 316. The molecule has 1 fully saturated rings. The van der Waals surface area contributed by atoms with Crippen molar-refractivity contribution in [2.75, 3.05) is 6.54 Å². The van der Waals surface area contributed by atoms with Crippen molar-refractivity contribution in [3.05, 3.63) is 35.6 Å². The van der Waals surface area contributed by atoms with Gasteiger partial charge in [0.1, 0.15) is 5.82 Å². The number of aliphatic hydroxyl groups is 1. The highest BCUT2D eigenvalue weighted by Gasteiger charge is 2.25. The lowest BCUT2D eigenvalue weighted by molar-refractivity contribution is 0.158. The molecule has 1 aliphatic rings. The van der Waals surface area contributed by atoms with Crippen LogP contribution in [0, 0.1) is 5.82 Å². The molecule has 3 heteroatoms. The molecule has 2 rings (SSSR count). The molecule has 76 valence electrons. The summed E-state index contributed by atoms with van der Waals surface area (Å²) in [6.07, 6.45) is 0.988. The van der Waals surface area contributed by atoms with Gasteiger partial charge in [-0.3, -0.25) is 0 Å². The number of aliphatic hydroxyl groups excluding tert-OH is 1. The summed E-state index contributed by atoms with van der Waals surface area (Å²) in [5.41, 5.74) is 0.672. The average Bonchev–Trinajstić information content (AvgIpc) is 2.56. The standard InChI is InChI=1S/C11H14FNO/c12-9-4-2-1-3-8(9)7-10-11(14)5-6-13-10/h1-4,10-11,13-14H,5-7H2. The zero-order valence-corrected chi connectivity index (χ0v) is 7.91. The number of benzene rings is 1. The average molecular weight is 195 g/mol. The normalized spacial score (nSPS) is 26.7. The van der Waals surface area contributed by atoms with Crippen LogP contribution in [0.4, 0.5) is 4.39 Å². The third-order valence-corrected chi connectivity index (χ3v) is 2.71. The van der Waals surface area contributed by atoms with Crippen molar-refractivity contribution >= 4 is 0 Å². The molecule has 1 aromatic rings. The largest absolute Gasteiger partial charge is 0.391 e. The van der Waals surface area contributed by atoms with Crippen LogP contribution in [0.1, 0.15) is 12.0 Å². The summed E-state index contributed by atoms with van der Waals surface area (Å²) in [5, 5.41) is 12.7. The van der Waals surface area contributed by atoms with Crippen LogP contribution in [0.15, 0.2) is 24.3 Å². The third kappa shape index (κ3) is 1.94. The fourth-order valence-corrected chi connectivity index (χ4v) is 1.86. The molecule has 1 saturated heterocycles. The lowest BCUT2D eigenvalue weighted by Gasteiger charge is -2.14. The van der Waals surface area contributed by atoms with Gasteiger partial charge < -0.3 is 10.4 Å². The monoisotopic (exact) mass is 195 g/mol. The van der Waals surface area contributed by atoms with Crippen molar-refractivity contribution in [3.63, 3.8) is 0 Å². The van der Waals surface area contributed by atoms with Crippen molar-refractivity contribution in [2.24, 2.45) is 0 Å². The summed E-state index contributed by atoms with van der Waals surface area (Å²) in [6, 6.07) is 6.72. The van der Waals surface area contributed by atoms with E-state index in [2.05, 4.69) is 5.32 Å². The molecule has 0 aromatic heterocycles. The predicted octanol–water partition coefficient (Wildman–Crippen LogP) is 1.09. The first kappa shape index (κ1) is 9.62. The Morgan fingerprint density at radius 1 is 1.43 bits per heavy atom. The molecule has 2 N–H and O–H groups in total. The maximum Gasteiger partial charge on any atom is 0.126 e. The molecule has 2 unspecified atom stereocenters. The quantitative estimate of drug-likeness (QED) is 0.740. The lowest BCUT2D eigenvalue weighted by Crippen LogP contribution is -2.32. The Kier molecular flexibility index (Phi) is 2.79. The molecule has 2 nitrogen and oxygen atoms in total. The molecule has 2 atom stereocenters. The number of hydrogen-bond donors (Lipinski definition) is 2. The minimum atomic E-state index is -0.338. The van der Waals surface area contributed by atoms with Gasteiger partial charge in [0.05, 0.1) is 6.10 Å². The Hall–Kier alpha value is -0.930. The molecule has 1 aliphatic heterocycles. The van der Waals surface area contributed by atoms with Crippen molar-refractivity contribution in [1.82, 2.24) is 5.32 Å². The summed E-state index contributed by atoms with van der Waals surface area (Å²) in [7, 11) is 0. The van der Waals surface area contributed by atoms with Crippen molar-refractivity contribution in [3.8, 4) is 0 Å². The van der Waals surface area contributed by atoms with Gasteiger partial charge in [0.15, 0.2) is 0 Å². The Morgan fingerprint density at radius 2 is 2.21 bits per heavy atom. The zero-order chi connectivity index (χ0) is 9.97. The maximum absolute atomic E-state index is 13.3. The SMILES string of the molecule is OC1CCNC1Cc1ccccc1F. The van der Waals surface area contributed by atoms with Gasteiger partial charge in [-0.05, 0) is 31.0 Å². The molecule has 0 saturated carbocycles. The molecular weight excluding hydrogens is 181 g/mol. The minimum Gasteiger partial charge on any atom is -0.391 e. The van der Waals surface area contributed by atoms with Gasteiger partial charge in [-0.15, -0.1) is 0 Å². The molecule has 0 aliphatic carbocycles. The summed E-state index contributed by atoms with van der Waals surface area (Å²) in [4.78, 5) is 0. The molecule has 14 heavy (non-hydrogen) atoms. The molecule has 1 heterocycles. The van der Waals surface area contributed by atoms with Crippen LogP contribution in [0.2, 0.25) is 0 Å². The molecule has 0 amide bonds. The Labute approximate surface area is 82.8 Å². The van der Waals surface area contributed by atoms with E-state index in [1.807, 2.05) is 6.07 Å². The van der Waals surface area contributed by atoms with Crippen LogP contribution in [-0.4, -0.2) is 23.8 Å². The first-order valence-electron chi connectivity index (χ1n) is 4.92. The molecular formula is C11H14FNO. The summed E-state index contributed by atoms with van der Waals surface area (Å²) in [6.45, 7) is 0.820. The highest BCUT2D eigenvalue weighted by molar-refractivity contribution is 5.19. The van der Waals surface area contributed by atoms with E-state index in [0.29, 0.717) is 12.0 Å². The minimum absolute atomic E-state index is 0.00639. The Balaban J connectivity index is 2.07. The van der Waals surface area contributed by atoms with Gasteiger partial charge >= 0.3 is 0 Å². The molecule has 0 spiro atoms. The number of halogens is 1. The van der Waals surface area contributed by atoms with Crippen LogP contribution < -0.4 is 5.32 Å². The second-order valence-corrected chi connectivity index (χ2v) is 3.71. The topological polar surface area (TPSA) is 32.3 Å². The van der Waals surface area contributed by atoms with E-state index in [-0.39, 0.29) is 18.0 Å². The van der Waals surface area contributed by atoms with E-state index in [9.17, 15) is 9.50 Å². The predicted molar refractivity (Wildman–Crippen MR) is 52.5 cm³/mol. The number of nitrogens with one attached hydrogen (secondary N) is 1. The smallest absolute Gasteiger partial charge is 0.126 e. The van der Waals surface area contributed by atoms with Crippen LogP contribution in [0.3, 0.4) is 0 Å². The molecule has 1 aromatic carbocycles. The first-order valence-corrected chi connectivity index (χ1v) is 4.92. The van der Waals surface area contributed by atoms with E-state index < -0.39 is 0 Å². The van der Waals surface area contributed by atoms with Crippen LogP contribution >= 0.6 is 0 Å². The van der Waals surface area contributed by atoms with Gasteiger partial charge in [0.25, 0.3) is 0 Å². The van der Waals surface area contributed by atoms with Gasteiger partial charge in [0, 0.05) is 6.04 Å². The fraction of sp³-hybridized carbons (Fsp3) is 0.455. The van der Waals surface area contributed by atoms with Gasteiger partial charge in [-0.1, -0.05) is 18.2 Å². The second kappa shape index (κ2) is 4.07. The van der Waals surface area contributed by atoms with Crippen molar-refractivity contribution in [2.45, 2.75) is 25.0 Å². The van der Waals surface area contributed by atoms with Crippen molar-refractivity contribution < 1.29 is 9.50 Å². The molecule has 0 radical (unpaired) electrons. The van der Waals surface area contributed by atoms with E-state index in [1.165, 1.54) is 6.07 Å². The summed E-state index contributed by atoms with van der Waals surface area (Å²) in [5.74, 6) is -0.187. The molecule has 0 bridgehead atoms. The third-order valence-electron chi connectivity index (χ3n) is 2.71. The Morgan fingerprint density at radius 3 is 2.86 bits per heavy atom. The van der Waals surface area contributed by atoms with E-state index in [0.717, 1.165) is 13.0 Å². The summed E-state index contributed by atoms with van der Waals surface area (Å²) >= 11 is 0. The van der Waals surface area contributed by atoms with Gasteiger partial charge in [0.2, 0.25) is 0 Å². The van der Waals surface area contributed by atoms with Crippen LogP contribution in [0.5, 0.6) is 0 Å². The number of rotatable bonds is 2. The van der Waals surface area contributed by atoms with Crippen LogP contribution in [-0.2, 0) is 6.42 Å². The van der Waals surface area contributed by atoms with E-state index in [1.54, 1.807) is 12.1 Å².